The fraction of sp³-hybridized carbons (Fsp3) is 0.333. The highest BCUT2D eigenvalue weighted by molar-refractivity contribution is 6.05. The summed E-state index contributed by atoms with van der Waals surface area (Å²) in [5.74, 6) is -0.00753. The van der Waals surface area contributed by atoms with Crippen LogP contribution in [0.5, 0.6) is 0 Å². The zero-order valence-electron chi connectivity index (χ0n) is 24.8. The molecule has 1 aliphatic rings. The number of aryl methyl sites for hydroxylation is 2. The van der Waals surface area contributed by atoms with E-state index in [0.717, 1.165) is 54.0 Å². The van der Waals surface area contributed by atoms with Crippen LogP contribution in [0.25, 0.3) is 11.3 Å². The van der Waals surface area contributed by atoms with Crippen LogP contribution in [0.1, 0.15) is 41.4 Å². The van der Waals surface area contributed by atoms with Crippen molar-refractivity contribution < 1.29 is 14.6 Å². The fourth-order valence-electron chi connectivity index (χ4n) is 5.20. The minimum atomic E-state index is -0.259. The first kappa shape index (κ1) is 29.9. The van der Waals surface area contributed by atoms with Crippen LogP contribution in [0, 0.1) is 6.92 Å². The van der Waals surface area contributed by atoms with Crippen LogP contribution in [0.2, 0.25) is 0 Å². The third kappa shape index (κ3) is 6.93. The molecule has 1 atom stereocenters. The number of carbonyl (C=O) groups excluding carboxylic acids is 1. The Morgan fingerprint density at radius 1 is 1.14 bits per heavy atom. The minimum absolute atomic E-state index is 0.0132. The first-order chi connectivity index (χ1) is 20.9. The lowest BCUT2D eigenvalue weighted by Gasteiger charge is -2.33. The van der Waals surface area contributed by atoms with Crippen LogP contribution < -0.4 is 21.1 Å². The molecule has 1 amide bonds. The summed E-state index contributed by atoms with van der Waals surface area (Å²) in [6.45, 7) is 5.95. The number of carbonyl (C=O) groups is 1. The molecule has 3 N–H and O–H groups in total. The van der Waals surface area contributed by atoms with E-state index in [1.54, 1.807) is 31.6 Å². The maximum Gasteiger partial charge on any atom is 0.293 e. The quantitative estimate of drug-likeness (QED) is 0.246. The SMILES string of the molecule is CCCCc1ncccc1C(=O)Nc1cccc(-c2cn(C)c(=O)c(Nc3ccc(N4CCOC(CO)C4)cc3)n2)c1C. The summed E-state index contributed by atoms with van der Waals surface area (Å²) in [6, 6.07) is 17.0. The molecule has 0 bridgehead atoms. The lowest BCUT2D eigenvalue weighted by Crippen LogP contribution is -2.44. The van der Waals surface area contributed by atoms with Gasteiger partial charge in [-0.2, -0.15) is 0 Å². The Morgan fingerprint density at radius 3 is 2.72 bits per heavy atom. The number of aliphatic hydroxyl groups excluding tert-OH is 1. The molecule has 4 aromatic rings. The van der Waals surface area contributed by atoms with Crippen molar-refractivity contribution in [2.45, 2.75) is 39.2 Å². The van der Waals surface area contributed by atoms with Gasteiger partial charge in [0.25, 0.3) is 11.5 Å². The van der Waals surface area contributed by atoms with E-state index in [2.05, 4.69) is 27.4 Å². The van der Waals surface area contributed by atoms with Crippen molar-refractivity contribution in [1.82, 2.24) is 14.5 Å². The number of aromatic nitrogens is 3. The maximum atomic E-state index is 13.3. The van der Waals surface area contributed by atoms with E-state index >= 15 is 0 Å². The third-order valence-corrected chi connectivity index (χ3v) is 7.67. The van der Waals surface area contributed by atoms with Gasteiger partial charge in [-0.1, -0.05) is 25.5 Å². The van der Waals surface area contributed by atoms with E-state index < -0.39 is 0 Å². The van der Waals surface area contributed by atoms with Crippen LogP contribution in [0.3, 0.4) is 0 Å². The number of anilines is 4. The standard InChI is InChI=1S/C33H38N6O4/c1-4-5-10-29-27(9-7-16-34-29)32(41)37-28-11-6-8-26(22(28)2)30-20-38(3)33(42)31(36-30)35-23-12-14-24(15-13-23)39-17-18-43-25(19-39)21-40/h6-9,11-16,20,25,40H,4-5,10,17-19,21H2,1-3H3,(H,35,36)(H,37,41). The van der Waals surface area contributed by atoms with Gasteiger partial charge in [-0.15, -0.1) is 0 Å². The first-order valence-corrected chi connectivity index (χ1v) is 14.6. The lowest BCUT2D eigenvalue weighted by molar-refractivity contribution is 0.00357. The summed E-state index contributed by atoms with van der Waals surface area (Å²) in [6.07, 6.45) is 5.95. The van der Waals surface area contributed by atoms with Gasteiger partial charge in [-0.05, 0) is 67.8 Å². The number of aliphatic hydroxyl groups is 1. The van der Waals surface area contributed by atoms with Crippen molar-refractivity contribution in [3.8, 4) is 11.3 Å². The van der Waals surface area contributed by atoms with E-state index in [4.69, 9.17) is 9.72 Å². The number of benzene rings is 2. The number of morpholine rings is 1. The predicted octanol–water partition coefficient (Wildman–Crippen LogP) is 4.69. The van der Waals surface area contributed by atoms with Crippen LogP contribution in [0.15, 0.2) is 71.8 Å². The highest BCUT2D eigenvalue weighted by Crippen LogP contribution is 2.29. The molecule has 1 aliphatic heterocycles. The number of nitrogens with one attached hydrogen (secondary N) is 2. The van der Waals surface area contributed by atoms with E-state index in [9.17, 15) is 14.7 Å². The molecule has 10 heteroatoms. The van der Waals surface area contributed by atoms with Crippen LogP contribution in [0.4, 0.5) is 22.9 Å². The van der Waals surface area contributed by atoms with Crippen molar-refractivity contribution in [3.05, 3.63) is 94.2 Å². The second kappa shape index (κ2) is 13.6. The van der Waals surface area contributed by atoms with Crippen molar-refractivity contribution >= 4 is 28.8 Å². The molecule has 0 saturated carbocycles. The van der Waals surface area contributed by atoms with Crippen molar-refractivity contribution in [3.63, 3.8) is 0 Å². The van der Waals surface area contributed by atoms with Gasteiger partial charge in [0.15, 0.2) is 5.82 Å². The van der Waals surface area contributed by atoms with Crippen molar-refractivity contribution in [2.24, 2.45) is 7.05 Å². The molecular weight excluding hydrogens is 544 g/mol. The predicted molar refractivity (Wildman–Crippen MR) is 169 cm³/mol. The summed E-state index contributed by atoms with van der Waals surface area (Å²) < 4.78 is 7.06. The molecular formula is C33H38N6O4. The molecule has 0 spiro atoms. The van der Waals surface area contributed by atoms with Crippen molar-refractivity contribution in [2.75, 3.05) is 41.8 Å². The molecule has 1 fully saturated rings. The van der Waals surface area contributed by atoms with Gasteiger partial charge >= 0.3 is 0 Å². The zero-order chi connectivity index (χ0) is 30.3. The van der Waals surface area contributed by atoms with Gasteiger partial charge in [-0.25, -0.2) is 4.98 Å². The maximum absolute atomic E-state index is 13.3. The molecule has 224 valence electrons. The Morgan fingerprint density at radius 2 is 1.95 bits per heavy atom. The fourth-order valence-corrected chi connectivity index (χ4v) is 5.20. The molecule has 43 heavy (non-hydrogen) atoms. The first-order valence-electron chi connectivity index (χ1n) is 14.6. The number of unbranched alkanes of at least 4 members (excludes halogenated alkanes) is 1. The molecule has 2 aromatic carbocycles. The van der Waals surface area contributed by atoms with E-state index in [1.807, 2.05) is 49.4 Å². The van der Waals surface area contributed by atoms with Crippen molar-refractivity contribution in [1.29, 1.82) is 0 Å². The molecule has 5 rings (SSSR count). The second-order valence-electron chi connectivity index (χ2n) is 10.7. The molecule has 1 saturated heterocycles. The second-order valence-corrected chi connectivity index (χ2v) is 10.7. The number of pyridine rings is 1. The Bertz CT molecular complexity index is 1640. The number of amides is 1. The number of hydrogen-bond donors (Lipinski definition) is 3. The Labute approximate surface area is 251 Å². The summed E-state index contributed by atoms with van der Waals surface area (Å²) in [4.78, 5) is 37.6. The Hall–Kier alpha value is -4.54. The number of hydrogen-bond acceptors (Lipinski definition) is 8. The third-order valence-electron chi connectivity index (χ3n) is 7.67. The highest BCUT2D eigenvalue weighted by Gasteiger charge is 2.20. The lowest BCUT2D eigenvalue weighted by atomic mass is 10.0. The topological polar surface area (TPSA) is 122 Å². The molecule has 1 unspecified atom stereocenters. The minimum Gasteiger partial charge on any atom is -0.394 e. The Balaban J connectivity index is 1.37. The van der Waals surface area contributed by atoms with Gasteiger partial charge in [0.05, 0.1) is 36.3 Å². The summed E-state index contributed by atoms with van der Waals surface area (Å²) in [5, 5.41) is 15.7. The molecule has 3 heterocycles. The highest BCUT2D eigenvalue weighted by atomic mass is 16.5. The van der Waals surface area contributed by atoms with Crippen LogP contribution in [-0.2, 0) is 18.2 Å². The summed E-state index contributed by atoms with van der Waals surface area (Å²) >= 11 is 0. The average Bonchev–Trinajstić information content (AvgIpc) is 3.03. The van der Waals surface area contributed by atoms with Gasteiger partial charge in [-0.3, -0.25) is 14.6 Å². The van der Waals surface area contributed by atoms with Gasteiger partial charge < -0.3 is 29.9 Å². The monoisotopic (exact) mass is 582 g/mol. The summed E-state index contributed by atoms with van der Waals surface area (Å²) in [5.41, 5.74) is 5.75. The van der Waals surface area contributed by atoms with E-state index in [0.29, 0.717) is 30.1 Å². The molecule has 10 nitrogen and oxygen atoms in total. The molecule has 0 aliphatic carbocycles. The zero-order valence-corrected chi connectivity index (χ0v) is 24.8. The summed E-state index contributed by atoms with van der Waals surface area (Å²) in [7, 11) is 1.69. The number of rotatable bonds is 10. The van der Waals surface area contributed by atoms with E-state index in [-0.39, 0.29) is 30.0 Å². The van der Waals surface area contributed by atoms with Gasteiger partial charge in [0.2, 0.25) is 0 Å². The Kier molecular flexibility index (Phi) is 9.48. The van der Waals surface area contributed by atoms with Gasteiger partial charge in [0, 0.05) is 55.2 Å². The largest absolute Gasteiger partial charge is 0.394 e. The molecule has 2 aromatic heterocycles. The number of ether oxygens (including phenoxy) is 1. The van der Waals surface area contributed by atoms with Crippen LogP contribution >= 0.6 is 0 Å². The normalized spacial score (nSPS) is 14.9. The smallest absolute Gasteiger partial charge is 0.293 e. The van der Waals surface area contributed by atoms with Gasteiger partial charge in [0.1, 0.15) is 0 Å². The van der Waals surface area contributed by atoms with E-state index in [1.165, 1.54) is 4.57 Å². The molecule has 0 radical (unpaired) electrons. The average molecular weight is 583 g/mol. The number of nitrogens with zero attached hydrogens (tertiary/aromatic N) is 4. The van der Waals surface area contributed by atoms with Crippen LogP contribution in [-0.4, -0.2) is 58.0 Å².